The van der Waals surface area contributed by atoms with Gasteiger partial charge < -0.3 is 10.1 Å². The number of fused-ring (bicyclic) bond motifs is 2. The molecule has 1 fully saturated rings. The van der Waals surface area contributed by atoms with E-state index in [1.165, 1.54) is 29.0 Å². The topological polar surface area (TPSA) is 56.4 Å². The van der Waals surface area contributed by atoms with Crippen molar-refractivity contribution >= 4 is 27.2 Å². The molecule has 5 rings (SSSR count). The number of nitrogens with zero attached hydrogens (tertiary/aromatic N) is 4. The van der Waals surface area contributed by atoms with Crippen LogP contribution in [0.25, 0.3) is 26.3 Å². The molecule has 1 aliphatic rings. The van der Waals surface area contributed by atoms with Crippen molar-refractivity contribution in [2.24, 2.45) is 7.05 Å². The number of hydrogen-bond donors (Lipinski definition) is 1. The van der Waals surface area contributed by atoms with Gasteiger partial charge in [-0.1, -0.05) is 11.3 Å². The molecule has 1 aromatic carbocycles. The first-order valence-electron chi connectivity index (χ1n) is 9.36. The summed E-state index contributed by atoms with van der Waals surface area (Å²) in [6.07, 6.45) is 8.83. The molecule has 1 saturated heterocycles. The fourth-order valence-electron chi connectivity index (χ4n) is 4.00. The molecule has 27 heavy (non-hydrogen) atoms. The number of rotatable bonds is 4. The average Bonchev–Trinajstić information content (AvgIpc) is 3.34. The van der Waals surface area contributed by atoms with Gasteiger partial charge in [-0.25, -0.2) is 4.98 Å². The van der Waals surface area contributed by atoms with E-state index in [1.54, 1.807) is 18.4 Å². The largest absolute Gasteiger partial charge is 0.380 e. The Morgan fingerprint density at radius 3 is 2.85 bits per heavy atom. The Morgan fingerprint density at radius 1 is 1.22 bits per heavy atom. The minimum atomic E-state index is 0.559. The van der Waals surface area contributed by atoms with Gasteiger partial charge in [0, 0.05) is 49.6 Å². The molecule has 0 amide bonds. The molecule has 0 atom stereocenters. The standard InChI is InChI=1S/C20H23N5OS/c1-24-9-15-7-14(8-16(12-26-2)19(15)23-24)18-11-25-10-17(22-20(25)27-18)13-3-5-21-6-4-13/h7-11,13,21H,3-6,12H2,1-2H3. The molecule has 4 heterocycles. The minimum Gasteiger partial charge on any atom is -0.380 e. The van der Waals surface area contributed by atoms with Crippen molar-refractivity contribution in [1.29, 1.82) is 0 Å². The van der Waals surface area contributed by atoms with Crippen molar-refractivity contribution in [3.8, 4) is 10.4 Å². The van der Waals surface area contributed by atoms with Crippen LogP contribution in [-0.2, 0) is 18.4 Å². The summed E-state index contributed by atoms with van der Waals surface area (Å²) in [5.74, 6) is 0.585. The van der Waals surface area contributed by atoms with Gasteiger partial charge >= 0.3 is 0 Å². The third-order valence-corrected chi connectivity index (χ3v) is 6.36. The van der Waals surface area contributed by atoms with Crippen molar-refractivity contribution in [2.45, 2.75) is 25.4 Å². The molecule has 140 valence electrons. The third-order valence-electron chi connectivity index (χ3n) is 5.32. The monoisotopic (exact) mass is 381 g/mol. The van der Waals surface area contributed by atoms with E-state index >= 15 is 0 Å². The quantitative estimate of drug-likeness (QED) is 0.587. The van der Waals surface area contributed by atoms with Gasteiger partial charge in [0.15, 0.2) is 4.96 Å². The van der Waals surface area contributed by atoms with Crippen LogP contribution in [0.5, 0.6) is 0 Å². The maximum absolute atomic E-state index is 5.39. The summed E-state index contributed by atoms with van der Waals surface area (Å²) in [6.45, 7) is 2.74. The smallest absolute Gasteiger partial charge is 0.194 e. The van der Waals surface area contributed by atoms with Gasteiger partial charge in [0.05, 0.1) is 22.7 Å². The summed E-state index contributed by atoms with van der Waals surface area (Å²) < 4.78 is 9.44. The predicted molar refractivity (Wildman–Crippen MR) is 108 cm³/mol. The zero-order valence-electron chi connectivity index (χ0n) is 15.6. The summed E-state index contributed by atoms with van der Waals surface area (Å²) in [5, 5.41) is 9.15. The van der Waals surface area contributed by atoms with E-state index in [2.05, 4.69) is 45.5 Å². The highest BCUT2D eigenvalue weighted by Gasteiger charge is 2.19. The lowest BCUT2D eigenvalue weighted by molar-refractivity contribution is 0.186. The van der Waals surface area contributed by atoms with Crippen LogP contribution in [0.3, 0.4) is 0 Å². The summed E-state index contributed by atoms with van der Waals surface area (Å²) >= 11 is 1.75. The van der Waals surface area contributed by atoms with Crippen LogP contribution < -0.4 is 5.32 Å². The van der Waals surface area contributed by atoms with E-state index in [0.29, 0.717) is 12.5 Å². The van der Waals surface area contributed by atoms with Gasteiger partial charge in [-0.15, -0.1) is 0 Å². The van der Waals surface area contributed by atoms with Crippen LogP contribution in [0.2, 0.25) is 0 Å². The van der Waals surface area contributed by atoms with E-state index < -0.39 is 0 Å². The fraction of sp³-hybridized carbons (Fsp3) is 0.400. The number of nitrogens with one attached hydrogen (secondary N) is 1. The molecule has 0 bridgehead atoms. The van der Waals surface area contributed by atoms with Crippen LogP contribution >= 0.6 is 11.3 Å². The average molecular weight is 382 g/mol. The fourth-order valence-corrected chi connectivity index (χ4v) is 4.96. The normalized spacial score (nSPS) is 15.9. The van der Waals surface area contributed by atoms with Crippen LogP contribution in [0.4, 0.5) is 0 Å². The van der Waals surface area contributed by atoms with Crippen LogP contribution in [0.15, 0.2) is 30.7 Å². The lowest BCUT2D eigenvalue weighted by Gasteiger charge is -2.20. The van der Waals surface area contributed by atoms with Crippen molar-refractivity contribution in [3.05, 3.63) is 42.0 Å². The molecular formula is C20H23N5OS. The molecule has 4 aromatic rings. The Kier molecular flexibility index (Phi) is 4.22. The van der Waals surface area contributed by atoms with E-state index in [4.69, 9.17) is 9.72 Å². The SMILES string of the molecule is COCc1cc(-c2cn3cc(C4CCNCC4)nc3s2)cc2cn(C)nc12. The maximum atomic E-state index is 5.39. The molecule has 7 heteroatoms. The van der Waals surface area contributed by atoms with E-state index in [9.17, 15) is 0 Å². The molecule has 0 saturated carbocycles. The van der Waals surface area contributed by atoms with Gasteiger partial charge in [0.25, 0.3) is 0 Å². The van der Waals surface area contributed by atoms with Gasteiger partial charge in [-0.05, 0) is 43.6 Å². The first kappa shape index (κ1) is 16.9. The molecule has 0 radical (unpaired) electrons. The first-order valence-corrected chi connectivity index (χ1v) is 10.2. The first-order chi connectivity index (χ1) is 13.2. The summed E-state index contributed by atoms with van der Waals surface area (Å²) in [6, 6.07) is 4.40. The van der Waals surface area contributed by atoms with Crippen molar-refractivity contribution in [1.82, 2.24) is 24.5 Å². The Morgan fingerprint density at radius 2 is 2.07 bits per heavy atom. The Hall–Kier alpha value is -2.22. The Labute approximate surface area is 161 Å². The molecular weight excluding hydrogens is 358 g/mol. The predicted octanol–water partition coefficient (Wildman–Crippen LogP) is 3.56. The molecule has 1 aliphatic heterocycles. The van der Waals surface area contributed by atoms with Crippen LogP contribution in [-0.4, -0.2) is 39.4 Å². The minimum absolute atomic E-state index is 0.559. The van der Waals surface area contributed by atoms with Gasteiger partial charge in [-0.3, -0.25) is 9.08 Å². The summed E-state index contributed by atoms with van der Waals surface area (Å²) in [5.41, 5.74) is 4.56. The number of aryl methyl sites for hydroxylation is 1. The number of ether oxygens (including phenoxy) is 1. The number of imidazole rings is 1. The molecule has 0 spiro atoms. The Bertz CT molecular complexity index is 1070. The van der Waals surface area contributed by atoms with Gasteiger partial charge in [0.2, 0.25) is 0 Å². The molecule has 3 aromatic heterocycles. The molecule has 1 N–H and O–H groups in total. The van der Waals surface area contributed by atoms with Gasteiger partial charge in [0.1, 0.15) is 0 Å². The van der Waals surface area contributed by atoms with Crippen LogP contribution in [0.1, 0.15) is 30.0 Å². The van der Waals surface area contributed by atoms with E-state index in [1.807, 2.05) is 11.7 Å². The van der Waals surface area contributed by atoms with Crippen molar-refractivity contribution < 1.29 is 4.74 Å². The number of methoxy groups -OCH3 is 1. The second kappa shape index (κ2) is 6.74. The molecule has 0 aliphatic carbocycles. The zero-order valence-corrected chi connectivity index (χ0v) is 16.4. The highest BCUT2D eigenvalue weighted by molar-refractivity contribution is 7.20. The lowest BCUT2D eigenvalue weighted by atomic mass is 9.95. The second-order valence-corrected chi connectivity index (χ2v) is 8.29. The summed E-state index contributed by atoms with van der Waals surface area (Å²) in [4.78, 5) is 7.21. The highest BCUT2D eigenvalue weighted by Crippen LogP contribution is 2.34. The molecule has 6 nitrogen and oxygen atoms in total. The number of piperidine rings is 1. The number of aromatic nitrogens is 4. The number of benzene rings is 1. The number of hydrogen-bond acceptors (Lipinski definition) is 5. The maximum Gasteiger partial charge on any atom is 0.194 e. The van der Waals surface area contributed by atoms with E-state index in [-0.39, 0.29) is 0 Å². The second-order valence-electron chi connectivity index (χ2n) is 7.28. The van der Waals surface area contributed by atoms with Crippen molar-refractivity contribution in [2.75, 3.05) is 20.2 Å². The van der Waals surface area contributed by atoms with E-state index in [0.717, 1.165) is 34.5 Å². The number of thiazole rings is 1. The Balaban J connectivity index is 1.53. The molecule has 0 unspecified atom stereocenters. The highest BCUT2D eigenvalue weighted by atomic mass is 32.1. The van der Waals surface area contributed by atoms with Crippen molar-refractivity contribution in [3.63, 3.8) is 0 Å². The van der Waals surface area contributed by atoms with Gasteiger partial charge in [-0.2, -0.15) is 5.10 Å². The summed E-state index contributed by atoms with van der Waals surface area (Å²) in [7, 11) is 3.68. The lowest BCUT2D eigenvalue weighted by Crippen LogP contribution is -2.26. The van der Waals surface area contributed by atoms with Crippen LogP contribution in [0, 0.1) is 0 Å². The third kappa shape index (κ3) is 3.05. The zero-order chi connectivity index (χ0) is 18.4.